The first-order chi connectivity index (χ1) is 13.5. The number of likely N-dealkylation sites (N-methyl/N-ethyl adjacent to an activating group) is 1. The summed E-state index contributed by atoms with van der Waals surface area (Å²) in [5.74, 6) is 3.03. The molecule has 1 aliphatic rings. The van der Waals surface area contributed by atoms with Crippen molar-refractivity contribution in [3.8, 4) is 11.5 Å². The molecule has 0 N–H and O–H groups in total. The first-order valence-corrected chi connectivity index (χ1v) is 9.94. The van der Waals surface area contributed by atoms with E-state index in [4.69, 9.17) is 9.47 Å². The molecule has 0 spiro atoms. The van der Waals surface area contributed by atoms with E-state index < -0.39 is 0 Å². The van der Waals surface area contributed by atoms with Crippen LogP contribution in [-0.4, -0.2) is 77.5 Å². The lowest BCUT2D eigenvalue weighted by Gasteiger charge is -2.37. The Balaban J connectivity index is 0.00000300. The zero-order valence-corrected chi connectivity index (χ0v) is 18.9. The summed E-state index contributed by atoms with van der Waals surface area (Å²) in [5, 5.41) is 12.7. The third kappa shape index (κ3) is 5.58. The summed E-state index contributed by atoms with van der Waals surface area (Å²) in [6.45, 7) is 9.18. The minimum atomic E-state index is -0.0586. The second kappa shape index (κ2) is 10.8. The highest BCUT2D eigenvalue weighted by atomic mass is 35.5. The number of halogens is 1. The van der Waals surface area contributed by atoms with E-state index in [0.717, 1.165) is 62.0 Å². The van der Waals surface area contributed by atoms with Gasteiger partial charge in [-0.15, -0.1) is 17.5 Å². The summed E-state index contributed by atoms with van der Waals surface area (Å²) in [5.41, 5.74) is 1.06. The average molecular weight is 425 g/mol. The number of aromatic nitrogens is 4. The molecule has 162 valence electrons. The number of hydrogen-bond donors (Lipinski definition) is 0. The number of benzene rings is 1. The van der Waals surface area contributed by atoms with Crippen molar-refractivity contribution < 1.29 is 9.47 Å². The van der Waals surface area contributed by atoms with Gasteiger partial charge in [0.15, 0.2) is 5.82 Å². The number of nitrogens with zero attached hydrogens (tertiary/aromatic N) is 6. The van der Waals surface area contributed by atoms with E-state index in [1.54, 1.807) is 14.2 Å². The van der Waals surface area contributed by atoms with E-state index in [1.807, 2.05) is 16.8 Å². The lowest BCUT2D eigenvalue weighted by Crippen LogP contribution is -2.46. The Morgan fingerprint density at radius 1 is 1.07 bits per heavy atom. The molecular weight excluding hydrogens is 392 g/mol. The molecule has 1 saturated heterocycles. The molecule has 3 rings (SSSR count). The van der Waals surface area contributed by atoms with Crippen LogP contribution < -0.4 is 9.47 Å². The number of tetrazole rings is 1. The summed E-state index contributed by atoms with van der Waals surface area (Å²) in [6, 6.07) is 5.92. The van der Waals surface area contributed by atoms with Crippen molar-refractivity contribution in [2.24, 2.45) is 5.92 Å². The molecule has 0 saturated carbocycles. The smallest absolute Gasteiger partial charge is 0.173 e. The molecular formula is C20H33ClN6O2. The van der Waals surface area contributed by atoms with Gasteiger partial charge in [-0.2, -0.15) is 0 Å². The molecule has 2 aromatic rings. The molecule has 0 amide bonds. The molecule has 0 radical (unpaired) electrons. The van der Waals surface area contributed by atoms with Crippen LogP contribution in [0.15, 0.2) is 18.2 Å². The van der Waals surface area contributed by atoms with Crippen molar-refractivity contribution in [1.29, 1.82) is 0 Å². The minimum Gasteiger partial charge on any atom is -0.497 e. The van der Waals surface area contributed by atoms with E-state index in [9.17, 15) is 0 Å². The monoisotopic (exact) mass is 424 g/mol. The minimum absolute atomic E-state index is 0. The summed E-state index contributed by atoms with van der Waals surface area (Å²) in [4.78, 5) is 4.79. The highest BCUT2D eigenvalue weighted by Gasteiger charge is 2.32. The van der Waals surface area contributed by atoms with Gasteiger partial charge in [0, 0.05) is 44.4 Å². The third-order valence-corrected chi connectivity index (χ3v) is 5.36. The topological polar surface area (TPSA) is 68.5 Å². The van der Waals surface area contributed by atoms with Crippen LogP contribution in [0.3, 0.4) is 0 Å². The van der Waals surface area contributed by atoms with Crippen molar-refractivity contribution in [2.75, 3.05) is 47.4 Å². The van der Waals surface area contributed by atoms with E-state index in [0.29, 0.717) is 5.92 Å². The number of methoxy groups -OCH3 is 2. The second-order valence-corrected chi connectivity index (χ2v) is 7.79. The van der Waals surface area contributed by atoms with Crippen LogP contribution in [0.5, 0.6) is 11.5 Å². The van der Waals surface area contributed by atoms with Crippen LogP contribution in [-0.2, 0) is 6.54 Å². The van der Waals surface area contributed by atoms with Crippen LogP contribution in [0.4, 0.5) is 0 Å². The van der Waals surface area contributed by atoms with Crippen LogP contribution in [0.1, 0.15) is 37.7 Å². The highest BCUT2D eigenvalue weighted by molar-refractivity contribution is 5.85. The zero-order valence-electron chi connectivity index (χ0n) is 18.0. The molecule has 1 unspecified atom stereocenters. The summed E-state index contributed by atoms with van der Waals surface area (Å²) >= 11 is 0. The average Bonchev–Trinajstić information content (AvgIpc) is 3.16. The van der Waals surface area contributed by atoms with Gasteiger partial charge < -0.3 is 14.4 Å². The maximum absolute atomic E-state index is 5.72. The summed E-state index contributed by atoms with van der Waals surface area (Å²) in [6.07, 6.45) is 1.03. The third-order valence-electron chi connectivity index (χ3n) is 5.36. The van der Waals surface area contributed by atoms with E-state index in [1.165, 1.54) is 0 Å². The SMILES string of the molecule is COc1ccc(C(c2nnnn2CCC(C)C)N2CCN(C)CC2)c(OC)c1.Cl. The van der Waals surface area contributed by atoms with Crippen molar-refractivity contribution in [3.63, 3.8) is 0 Å². The van der Waals surface area contributed by atoms with Gasteiger partial charge in [0.1, 0.15) is 17.5 Å². The second-order valence-electron chi connectivity index (χ2n) is 7.79. The normalized spacial score (nSPS) is 16.5. The number of piperazine rings is 1. The van der Waals surface area contributed by atoms with Gasteiger partial charge in [0.05, 0.1) is 14.2 Å². The molecule has 2 heterocycles. The molecule has 1 aromatic carbocycles. The Hall–Kier alpha value is -1.90. The van der Waals surface area contributed by atoms with Gasteiger partial charge in [-0.1, -0.05) is 13.8 Å². The van der Waals surface area contributed by atoms with Crippen molar-refractivity contribution in [2.45, 2.75) is 32.9 Å². The Bertz CT molecular complexity index is 761. The maximum atomic E-state index is 5.72. The lowest BCUT2D eigenvalue weighted by atomic mass is 10.0. The van der Waals surface area contributed by atoms with Crippen molar-refractivity contribution in [3.05, 3.63) is 29.6 Å². The van der Waals surface area contributed by atoms with Crippen molar-refractivity contribution >= 4 is 12.4 Å². The Labute approximate surface area is 179 Å². The molecule has 0 aliphatic carbocycles. The van der Waals surface area contributed by atoms with Gasteiger partial charge in [-0.25, -0.2) is 4.68 Å². The first kappa shape index (κ1) is 23.4. The number of aryl methyl sites for hydroxylation is 1. The van der Waals surface area contributed by atoms with E-state index in [-0.39, 0.29) is 18.4 Å². The molecule has 1 aliphatic heterocycles. The zero-order chi connectivity index (χ0) is 20.1. The van der Waals surface area contributed by atoms with Crippen LogP contribution in [0.25, 0.3) is 0 Å². The highest BCUT2D eigenvalue weighted by Crippen LogP contribution is 2.36. The predicted molar refractivity (Wildman–Crippen MR) is 115 cm³/mol. The van der Waals surface area contributed by atoms with E-state index in [2.05, 4.69) is 52.3 Å². The molecule has 0 bridgehead atoms. The number of ether oxygens (including phenoxy) is 2. The molecule has 29 heavy (non-hydrogen) atoms. The number of rotatable bonds is 8. The Morgan fingerprint density at radius 2 is 1.79 bits per heavy atom. The first-order valence-electron chi connectivity index (χ1n) is 9.94. The largest absolute Gasteiger partial charge is 0.497 e. The van der Waals surface area contributed by atoms with Crippen LogP contribution >= 0.6 is 12.4 Å². The van der Waals surface area contributed by atoms with Gasteiger partial charge in [0.25, 0.3) is 0 Å². The lowest BCUT2D eigenvalue weighted by molar-refractivity contribution is 0.120. The fraction of sp³-hybridized carbons (Fsp3) is 0.650. The van der Waals surface area contributed by atoms with Gasteiger partial charge in [-0.3, -0.25) is 4.90 Å². The Kier molecular flexibility index (Phi) is 8.67. The van der Waals surface area contributed by atoms with Gasteiger partial charge in [0.2, 0.25) is 0 Å². The van der Waals surface area contributed by atoms with Crippen molar-refractivity contribution in [1.82, 2.24) is 30.0 Å². The Morgan fingerprint density at radius 3 is 2.41 bits per heavy atom. The van der Waals surface area contributed by atoms with E-state index >= 15 is 0 Å². The maximum Gasteiger partial charge on any atom is 0.173 e. The molecule has 9 heteroatoms. The standard InChI is InChI=1S/C20H32N6O2.ClH/c1-15(2)8-9-26-20(21-22-23-26)19(25-12-10-24(3)11-13-25)17-7-6-16(27-4)14-18(17)28-5;/h6-7,14-15,19H,8-13H2,1-5H3;1H. The molecule has 1 atom stereocenters. The molecule has 8 nitrogen and oxygen atoms in total. The van der Waals surface area contributed by atoms with Gasteiger partial charge in [-0.05, 0) is 41.9 Å². The van der Waals surface area contributed by atoms with Gasteiger partial charge >= 0.3 is 0 Å². The fourth-order valence-electron chi connectivity index (χ4n) is 3.57. The summed E-state index contributed by atoms with van der Waals surface area (Å²) < 4.78 is 13.1. The van der Waals surface area contributed by atoms with Crippen LogP contribution in [0, 0.1) is 5.92 Å². The fourth-order valence-corrected chi connectivity index (χ4v) is 3.57. The quantitative estimate of drug-likeness (QED) is 0.644. The number of hydrogen-bond acceptors (Lipinski definition) is 7. The summed E-state index contributed by atoms with van der Waals surface area (Å²) in [7, 11) is 5.52. The van der Waals surface area contributed by atoms with Crippen LogP contribution in [0.2, 0.25) is 0 Å². The predicted octanol–water partition coefficient (Wildman–Crippen LogP) is 2.50. The molecule has 1 fully saturated rings. The molecule has 1 aromatic heterocycles.